The van der Waals surface area contributed by atoms with Gasteiger partial charge in [-0.15, -0.1) is 24.0 Å². The molecule has 0 amide bonds. The maximum absolute atomic E-state index is 5.33. The molecule has 0 fully saturated rings. The van der Waals surface area contributed by atoms with Crippen LogP contribution in [0.3, 0.4) is 0 Å². The second-order valence-corrected chi connectivity index (χ2v) is 6.01. The molecule has 1 aromatic rings. The number of aliphatic imine (C=N–C) groups is 1. The zero-order chi connectivity index (χ0) is 16.3. The van der Waals surface area contributed by atoms with E-state index in [4.69, 9.17) is 4.74 Å². The van der Waals surface area contributed by atoms with E-state index < -0.39 is 0 Å². The van der Waals surface area contributed by atoms with E-state index in [1.807, 2.05) is 14.0 Å². The number of rotatable bonds is 9. The van der Waals surface area contributed by atoms with Crippen molar-refractivity contribution in [3.05, 3.63) is 35.9 Å². The third-order valence-corrected chi connectivity index (χ3v) is 3.69. The molecule has 0 bridgehead atoms. The fraction of sp³-hybridized carbons (Fsp3) is 0.611. The number of halogens is 1. The summed E-state index contributed by atoms with van der Waals surface area (Å²) >= 11 is 0. The average molecular weight is 433 g/mol. The highest BCUT2D eigenvalue weighted by molar-refractivity contribution is 14.0. The fourth-order valence-corrected chi connectivity index (χ4v) is 2.20. The molecule has 0 aliphatic carbocycles. The Balaban J connectivity index is 0.00000484. The van der Waals surface area contributed by atoms with Crippen LogP contribution in [0, 0.1) is 0 Å². The minimum atomic E-state index is 0. The van der Waals surface area contributed by atoms with Gasteiger partial charge in [0.2, 0.25) is 0 Å². The van der Waals surface area contributed by atoms with Gasteiger partial charge in [-0.25, -0.2) is 0 Å². The first-order valence-corrected chi connectivity index (χ1v) is 8.18. The minimum absolute atomic E-state index is 0. The smallest absolute Gasteiger partial charge is 0.191 e. The number of ether oxygens (including phenoxy) is 1. The molecule has 0 aromatic heterocycles. The summed E-state index contributed by atoms with van der Waals surface area (Å²) in [7, 11) is 1.81. The molecule has 23 heavy (non-hydrogen) atoms. The molecule has 4 nitrogen and oxygen atoms in total. The van der Waals surface area contributed by atoms with Crippen molar-refractivity contribution in [3.63, 3.8) is 0 Å². The molecule has 0 aliphatic rings. The number of nitrogens with zero attached hydrogens (tertiary/aromatic N) is 1. The largest absolute Gasteiger partial charge is 0.382 e. The van der Waals surface area contributed by atoms with E-state index in [-0.39, 0.29) is 29.4 Å². The lowest BCUT2D eigenvalue weighted by Gasteiger charge is -2.26. The summed E-state index contributed by atoms with van der Waals surface area (Å²) in [6.07, 6.45) is 2.16. The van der Waals surface area contributed by atoms with Crippen LogP contribution in [0.15, 0.2) is 35.3 Å². The molecule has 0 unspecified atom stereocenters. The summed E-state index contributed by atoms with van der Waals surface area (Å²) in [5.74, 6) is 0.861. The number of hydrogen-bond donors (Lipinski definition) is 2. The van der Waals surface area contributed by atoms with Crippen molar-refractivity contribution in [1.82, 2.24) is 10.6 Å². The maximum Gasteiger partial charge on any atom is 0.191 e. The molecule has 0 aliphatic heterocycles. The Bertz CT molecular complexity index is 435. The van der Waals surface area contributed by atoms with E-state index in [1.54, 1.807) is 0 Å². The molecule has 1 aromatic carbocycles. The van der Waals surface area contributed by atoms with Crippen LogP contribution in [-0.4, -0.2) is 39.3 Å². The Morgan fingerprint density at radius 3 is 2.43 bits per heavy atom. The number of guanidine groups is 1. The zero-order valence-electron chi connectivity index (χ0n) is 14.9. The van der Waals surface area contributed by atoms with Crippen molar-refractivity contribution in [2.75, 3.05) is 33.4 Å². The van der Waals surface area contributed by atoms with Gasteiger partial charge in [-0.05, 0) is 25.3 Å². The van der Waals surface area contributed by atoms with Gasteiger partial charge in [-0.1, -0.05) is 44.2 Å². The quantitative estimate of drug-likeness (QED) is 0.271. The Morgan fingerprint density at radius 1 is 1.13 bits per heavy atom. The van der Waals surface area contributed by atoms with Gasteiger partial charge in [0.25, 0.3) is 0 Å². The molecule has 0 atom stereocenters. The van der Waals surface area contributed by atoms with Gasteiger partial charge in [-0.3, -0.25) is 4.99 Å². The Morgan fingerprint density at radius 2 is 1.83 bits per heavy atom. The van der Waals surface area contributed by atoms with Crippen LogP contribution in [0.25, 0.3) is 0 Å². The first kappa shape index (κ1) is 22.2. The predicted octanol–water partition coefficient (Wildman–Crippen LogP) is 3.56. The lowest BCUT2D eigenvalue weighted by atomic mass is 9.85. The van der Waals surface area contributed by atoms with Crippen LogP contribution in [0.5, 0.6) is 0 Å². The van der Waals surface area contributed by atoms with Crippen molar-refractivity contribution < 1.29 is 4.74 Å². The fourth-order valence-electron chi connectivity index (χ4n) is 2.20. The van der Waals surface area contributed by atoms with Crippen molar-refractivity contribution >= 4 is 29.9 Å². The van der Waals surface area contributed by atoms with E-state index in [2.05, 4.69) is 59.8 Å². The molecular formula is C18H32IN3O. The second kappa shape index (κ2) is 12.6. The molecule has 1 rings (SSSR count). The summed E-state index contributed by atoms with van der Waals surface area (Å²) in [5.41, 5.74) is 1.39. The molecular weight excluding hydrogens is 401 g/mol. The molecule has 0 saturated carbocycles. The minimum Gasteiger partial charge on any atom is -0.382 e. The molecule has 5 heteroatoms. The average Bonchev–Trinajstić information content (AvgIpc) is 2.54. The van der Waals surface area contributed by atoms with Crippen LogP contribution in [-0.2, 0) is 10.2 Å². The summed E-state index contributed by atoms with van der Waals surface area (Å²) in [4.78, 5) is 4.28. The van der Waals surface area contributed by atoms with Crippen LogP contribution < -0.4 is 10.6 Å². The predicted molar refractivity (Wildman–Crippen MR) is 110 cm³/mol. The van der Waals surface area contributed by atoms with Crippen LogP contribution in [0.4, 0.5) is 0 Å². The van der Waals surface area contributed by atoms with Gasteiger partial charge in [0.1, 0.15) is 0 Å². The highest BCUT2D eigenvalue weighted by atomic mass is 127. The Labute approximate surface area is 158 Å². The molecule has 0 radical (unpaired) electrons. The van der Waals surface area contributed by atoms with Gasteiger partial charge < -0.3 is 15.4 Å². The highest BCUT2D eigenvalue weighted by Crippen LogP contribution is 2.21. The van der Waals surface area contributed by atoms with Gasteiger partial charge in [0, 0.05) is 38.8 Å². The van der Waals surface area contributed by atoms with E-state index >= 15 is 0 Å². The molecule has 2 N–H and O–H groups in total. The van der Waals surface area contributed by atoms with Crippen molar-refractivity contribution in [2.24, 2.45) is 4.99 Å². The third-order valence-electron chi connectivity index (χ3n) is 3.69. The first-order valence-electron chi connectivity index (χ1n) is 8.18. The molecule has 0 heterocycles. The number of unbranched alkanes of at least 4 members (excludes halogenated alkanes) is 1. The third kappa shape index (κ3) is 9.15. The monoisotopic (exact) mass is 433 g/mol. The van der Waals surface area contributed by atoms with Crippen molar-refractivity contribution in [2.45, 2.75) is 39.0 Å². The standard InChI is InChI=1S/C18H31N3O.HI/c1-5-22-14-10-9-13-20-17(19-4)21-15-18(2,3)16-11-7-6-8-12-16;/h6-8,11-12H,5,9-10,13-15H2,1-4H3,(H2,19,20,21);1H. The number of nitrogens with one attached hydrogen (secondary N) is 2. The Hall–Kier alpha value is -0.820. The topological polar surface area (TPSA) is 45.6 Å². The number of hydrogen-bond acceptors (Lipinski definition) is 2. The van der Waals surface area contributed by atoms with E-state index in [0.717, 1.165) is 45.1 Å². The van der Waals surface area contributed by atoms with E-state index in [9.17, 15) is 0 Å². The zero-order valence-corrected chi connectivity index (χ0v) is 17.2. The Kier molecular flexibility index (Phi) is 12.1. The van der Waals surface area contributed by atoms with Gasteiger partial charge in [-0.2, -0.15) is 0 Å². The van der Waals surface area contributed by atoms with Gasteiger partial charge in [0.15, 0.2) is 5.96 Å². The summed E-state index contributed by atoms with van der Waals surface area (Å²) < 4.78 is 5.33. The lowest BCUT2D eigenvalue weighted by molar-refractivity contribution is 0.143. The summed E-state index contributed by atoms with van der Waals surface area (Å²) in [6.45, 7) is 9.90. The SMILES string of the molecule is CCOCCCCNC(=NC)NCC(C)(C)c1ccccc1.I. The van der Waals surface area contributed by atoms with E-state index in [1.165, 1.54) is 5.56 Å². The first-order chi connectivity index (χ1) is 10.6. The van der Waals surface area contributed by atoms with E-state index in [0.29, 0.717) is 0 Å². The molecule has 0 spiro atoms. The van der Waals surface area contributed by atoms with Crippen molar-refractivity contribution in [3.8, 4) is 0 Å². The highest BCUT2D eigenvalue weighted by Gasteiger charge is 2.20. The summed E-state index contributed by atoms with van der Waals surface area (Å²) in [6, 6.07) is 10.6. The van der Waals surface area contributed by atoms with Crippen LogP contribution in [0.2, 0.25) is 0 Å². The van der Waals surface area contributed by atoms with Crippen LogP contribution >= 0.6 is 24.0 Å². The van der Waals surface area contributed by atoms with Gasteiger partial charge >= 0.3 is 0 Å². The second-order valence-electron chi connectivity index (χ2n) is 6.01. The van der Waals surface area contributed by atoms with Crippen LogP contribution in [0.1, 0.15) is 39.2 Å². The lowest BCUT2D eigenvalue weighted by Crippen LogP contribution is -2.43. The molecule has 132 valence electrons. The van der Waals surface area contributed by atoms with Gasteiger partial charge in [0.05, 0.1) is 0 Å². The maximum atomic E-state index is 5.33. The summed E-state index contributed by atoms with van der Waals surface area (Å²) in [5, 5.41) is 6.77. The normalized spacial score (nSPS) is 11.7. The molecule has 0 saturated heterocycles. The van der Waals surface area contributed by atoms with Crippen molar-refractivity contribution in [1.29, 1.82) is 0 Å². The number of benzene rings is 1.